The van der Waals surface area contributed by atoms with Gasteiger partial charge in [0.2, 0.25) is 0 Å². The summed E-state index contributed by atoms with van der Waals surface area (Å²) in [5.41, 5.74) is -2.38. The predicted molar refractivity (Wildman–Crippen MR) is 62.0 cm³/mol. The minimum atomic E-state index is -4.55. The van der Waals surface area contributed by atoms with Gasteiger partial charge in [-0.25, -0.2) is 0 Å². The molecule has 2 nitrogen and oxygen atoms in total. The van der Waals surface area contributed by atoms with E-state index in [9.17, 15) is 18.0 Å². The average Bonchev–Trinajstić information content (AvgIpc) is 2.29. The summed E-state index contributed by atoms with van der Waals surface area (Å²) in [7, 11) is 0. The van der Waals surface area contributed by atoms with E-state index in [4.69, 9.17) is 4.74 Å². The molecular weight excluding hydrogens is 245 g/mol. The Morgan fingerprint density at radius 1 is 1.22 bits per heavy atom. The summed E-state index contributed by atoms with van der Waals surface area (Å²) in [4.78, 5) is 11.8. The normalized spacial score (nSPS) is 28.6. The molecule has 1 saturated carbocycles. The zero-order chi connectivity index (χ0) is 14.0. The molecule has 106 valence electrons. The van der Waals surface area contributed by atoms with Crippen LogP contribution in [-0.2, 0) is 9.53 Å². The molecular formula is C13H21F3O2. The van der Waals surface area contributed by atoms with E-state index in [1.165, 1.54) is 6.92 Å². The molecule has 0 aromatic rings. The van der Waals surface area contributed by atoms with Gasteiger partial charge in [-0.05, 0) is 44.9 Å². The van der Waals surface area contributed by atoms with E-state index in [2.05, 4.69) is 6.92 Å². The highest BCUT2D eigenvalue weighted by atomic mass is 19.4. The Kier molecular flexibility index (Phi) is 4.67. The van der Waals surface area contributed by atoms with Gasteiger partial charge in [-0.2, -0.15) is 13.2 Å². The summed E-state index contributed by atoms with van der Waals surface area (Å²) < 4.78 is 43.7. The number of carbonyl (C=O) groups excluding carboxylic acids is 1. The van der Waals surface area contributed by atoms with Crippen LogP contribution in [0, 0.1) is 11.3 Å². The Hall–Kier alpha value is -0.740. The maximum Gasteiger partial charge on any atom is 0.404 e. The molecule has 1 aliphatic rings. The van der Waals surface area contributed by atoms with Crippen molar-refractivity contribution in [3.05, 3.63) is 0 Å². The van der Waals surface area contributed by atoms with E-state index in [1.54, 1.807) is 0 Å². The van der Waals surface area contributed by atoms with E-state index in [1.807, 2.05) is 0 Å². The highest BCUT2D eigenvalue weighted by molar-refractivity contribution is 5.77. The molecule has 1 atom stereocenters. The fourth-order valence-electron chi connectivity index (χ4n) is 2.09. The summed E-state index contributed by atoms with van der Waals surface area (Å²) in [6, 6.07) is 0. The van der Waals surface area contributed by atoms with Gasteiger partial charge in [0.15, 0.2) is 5.41 Å². The highest BCUT2D eigenvalue weighted by Gasteiger charge is 2.57. The smallest absolute Gasteiger partial charge is 0.404 e. The van der Waals surface area contributed by atoms with Gasteiger partial charge < -0.3 is 4.74 Å². The lowest BCUT2D eigenvalue weighted by Gasteiger charge is -2.32. The fraction of sp³-hybridized carbons (Fsp3) is 0.923. The summed E-state index contributed by atoms with van der Waals surface area (Å²) >= 11 is 0. The molecule has 0 saturated heterocycles. The van der Waals surface area contributed by atoms with Gasteiger partial charge in [-0.15, -0.1) is 0 Å². The number of carbonyl (C=O) groups is 1. The number of ether oxygens (including phenoxy) is 1. The molecule has 0 N–H and O–H groups in total. The molecule has 5 heteroatoms. The number of hydrogen-bond acceptors (Lipinski definition) is 2. The monoisotopic (exact) mass is 266 g/mol. The minimum absolute atomic E-state index is 0.293. The third-order valence-corrected chi connectivity index (χ3v) is 4.02. The number of rotatable bonds is 3. The van der Waals surface area contributed by atoms with Crippen LogP contribution >= 0.6 is 0 Å². The molecule has 0 aromatic carbocycles. The van der Waals surface area contributed by atoms with Gasteiger partial charge in [0.05, 0.1) is 0 Å². The van der Waals surface area contributed by atoms with Crippen molar-refractivity contribution in [2.24, 2.45) is 11.3 Å². The van der Waals surface area contributed by atoms with Gasteiger partial charge in [-0.1, -0.05) is 13.8 Å². The van der Waals surface area contributed by atoms with Crippen molar-refractivity contribution in [2.45, 2.75) is 65.2 Å². The number of esters is 1. The quantitative estimate of drug-likeness (QED) is 0.719. The Bertz CT molecular complexity index is 293. The van der Waals surface area contributed by atoms with E-state index in [0.29, 0.717) is 18.8 Å². The molecule has 0 amide bonds. The number of alkyl halides is 3. The van der Waals surface area contributed by atoms with Crippen LogP contribution in [0.3, 0.4) is 0 Å². The van der Waals surface area contributed by atoms with E-state index in [-0.39, 0.29) is 12.5 Å². The van der Waals surface area contributed by atoms with Crippen LogP contribution in [0.15, 0.2) is 0 Å². The van der Waals surface area contributed by atoms with Crippen LogP contribution in [0.2, 0.25) is 0 Å². The zero-order valence-electron chi connectivity index (χ0n) is 11.1. The summed E-state index contributed by atoms with van der Waals surface area (Å²) in [6.45, 7) is 4.38. The lowest BCUT2D eigenvalue weighted by Crippen LogP contribution is -2.44. The van der Waals surface area contributed by atoms with Crippen LogP contribution < -0.4 is 0 Å². The molecule has 0 spiro atoms. The average molecular weight is 266 g/mol. The van der Waals surface area contributed by atoms with E-state index < -0.39 is 17.6 Å². The predicted octanol–water partition coefficient (Wildman–Crippen LogP) is 4.09. The molecule has 1 unspecified atom stereocenters. The third-order valence-electron chi connectivity index (χ3n) is 4.02. The van der Waals surface area contributed by atoms with Crippen molar-refractivity contribution in [1.82, 2.24) is 0 Å². The van der Waals surface area contributed by atoms with Crippen molar-refractivity contribution in [3.63, 3.8) is 0 Å². The SMILES string of the molecule is CCC(C)(C(=O)OC1CCC(C)CC1)C(F)(F)F. The summed E-state index contributed by atoms with van der Waals surface area (Å²) in [5, 5.41) is 0. The Balaban J connectivity index is 2.64. The molecule has 0 heterocycles. The van der Waals surface area contributed by atoms with Gasteiger partial charge >= 0.3 is 12.1 Å². The second-order valence-electron chi connectivity index (χ2n) is 5.47. The molecule has 1 fully saturated rings. The Labute approximate surface area is 106 Å². The molecule has 0 aliphatic heterocycles. The summed E-state index contributed by atoms with van der Waals surface area (Å²) in [6.07, 6.45) is -2.03. The van der Waals surface area contributed by atoms with Crippen LogP contribution in [0.4, 0.5) is 13.2 Å². The standard InChI is InChI=1S/C13H21F3O2/c1-4-12(3,13(14,15)16)11(17)18-10-7-5-9(2)6-8-10/h9-10H,4-8H2,1-3H3. The first kappa shape index (κ1) is 15.3. The largest absolute Gasteiger partial charge is 0.462 e. The number of halogens is 3. The minimum Gasteiger partial charge on any atom is -0.462 e. The van der Waals surface area contributed by atoms with Gasteiger partial charge in [-0.3, -0.25) is 4.79 Å². The molecule has 0 radical (unpaired) electrons. The maximum atomic E-state index is 12.9. The van der Waals surface area contributed by atoms with Crippen molar-refractivity contribution in [2.75, 3.05) is 0 Å². The lowest BCUT2D eigenvalue weighted by atomic mass is 9.86. The molecule has 1 aliphatic carbocycles. The van der Waals surface area contributed by atoms with Gasteiger partial charge in [0, 0.05) is 0 Å². The first-order valence-electron chi connectivity index (χ1n) is 6.48. The Morgan fingerprint density at radius 2 is 1.72 bits per heavy atom. The lowest BCUT2D eigenvalue weighted by molar-refractivity contribution is -0.234. The first-order chi connectivity index (χ1) is 8.20. The van der Waals surface area contributed by atoms with Gasteiger partial charge in [0.25, 0.3) is 0 Å². The Morgan fingerprint density at radius 3 is 2.11 bits per heavy atom. The van der Waals surface area contributed by atoms with Crippen molar-refractivity contribution in [1.29, 1.82) is 0 Å². The van der Waals surface area contributed by atoms with Crippen molar-refractivity contribution < 1.29 is 22.7 Å². The van der Waals surface area contributed by atoms with Crippen LogP contribution in [0.1, 0.15) is 52.9 Å². The highest BCUT2D eigenvalue weighted by Crippen LogP contribution is 2.42. The van der Waals surface area contributed by atoms with Crippen LogP contribution in [0.25, 0.3) is 0 Å². The zero-order valence-corrected chi connectivity index (χ0v) is 11.1. The first-order valence-corrected chi connectivity index (χ1v) is 6.48. The second-order valence-corrected chi connectivity index (χ2v) is 5.47. The van der Waals surface area contributed by atoms with E-state index in [0.717, 1.165) is 19.8 Å². The number of hydrogen-bond donors (Lipinski definition) is 0. The summed E-state index contributed by atoms with van der Waals surface area (Å²) in [5.74, 6) is -0.558. The van der Waals surface area contributed by atoms with Crippen molar-refractivity contribution >= 4 is 5.97 Å². The molecule has 0 bridgehead atoms. The van der Waals surface area contributed by atoms with Crippen LogP contribution in [-0.4, -0.2) is 18.2 Å². The van der Waals surface area contributed by atoms with E-state index >= 15 is 0 Å². The fourth-order valence-corrected chi connectivity index (χ4v) is 2.09. The molecule has 1 rings (SSSR count). The van der Waals surface area contributed by atoms with Gasteiger partial charge in [0.1, 0.15) is 6.10 Å². The second kappa shape index (κ2) is 5.49. The molecule has 0 aromatic heterocycles. The van der Waals surface area contributed by atoms with Crippen LogP contribution in [0.5, 0.6) is 0 Å². The molecule has 18 heavy (non-hydrogen) atoms. The van der Waals surface area contributed by atoms with Crippen molar-refractivity contribution in [3.8, 4) is 0 Å². The third kappa shape index (κ3) is 3.18. The topological polar surface area (TPSA) is 26.3 Å². The maximum absolute atomic E-state index is 12.9.